The van der Waals surface area contributed by atoms with E-state index in [0.29, 0.717) is 6.42 Å². The Morgan fingerprint density at radius 1 is 0.733 bits per heavy atom. The monoisotopic (exact) mass is 220 g/mol. The van der Waals surface area contributed by atoms with Crippen molar-refractivity contribution >= 4 is 0 Å². The zero-order valence-corrected chi connectivity index (χ0v) is 11.4. The molecule has 0 aromatic rings. The van der Waals surface area contributed by atoms with Crippen LogP contribution in [0.2, 0.25) is 0 Å². The van der Waals surface area contributed by atoms with Gasteiger partial charge in [0.15, 0.2) is 6.29 Å². The molecule has 0 spiro atoms. The second kappa shape index (κ2) is 23.6. The fourth-order valence-electron chi connectivity index (χ4n) is 0.577. The molecule has 0 bridgehead atoms. The zero-order valence-electron chi connectivity index (χ0n) is 11.4. The van der Waals surface area contributed by atoms with Crippen LogP contribution in [0.15, 0.2) is 0 Å². The fraction of sp³-hybridized carbons (Fsp3) is 1.00. The van der Waals surface area contributed by atoms with Crippen molar-refractivity contribution in [2.24, 2.45) is 0 Å². The van der Waals surface area contributed by atoms with Crippen LogP contribution in [0.1, 0.15) is 79.6 Å². The fourth-order valence-corrected chi connectivity index (χ4v) is 0.577. The quantitative estimate of drug-likeness (QED) is 0.541. The lowest BCUT2D eigenvalue weighted by Crippen LogP contribution is -2.02. The highest BCUT2D eigenvalue weighted by Crippen LogP contribution is 1.99. The van der Waals surface area contributed by atoms with Crippen LogP contribution in [0, 0.1) is 0 Å². The molecule has 0 atom stereocenters. The Morgan fingerprint density at radius 2 is 1.13 bits per heavy atom. The Hall–Kier alpha value is -0.0800. The van der Waals surface area contributed by atoms with Gasteiger partial charge in [0.05, 0.1) is 0 Å². The van der Waals surface area contributed by atoms with Crippen molar-refractivity contribution in [1.29, 1.82) is 0 Å². The highest BCUT2D eigenvalue weighted by Gasteiger charge is 1.93. The van der Waals surface area contributed by atoms with E-state index in [2.05, 4.69) is 34.6 Å². The molecule has 0 aromatic carbocycles. The molecule has 2 N–H and O–H groups in total. The molecule has 0 aromatic heterocycles. The van der Waals surface area contributed by atoms with Gasteiger partial charge < -0.3 is 10.2 Å². The summed E-state index contributed by atoms with van der Waals surface area (Å²) in [4.78, 5) is 0. The smallest absolute Gasteiger partial charge is 0.151 e. The molecule has 0 aliphatic heterocycles. The zero-order chi connectivity index (χ0) is 12.5. The van der Waals surface area contributed by atoms with Gasteiger partial charge in [-0.25, -0.2) is 0 Å². The molecule has 0 rings (SSSR count). The molecule has 2 nitrogen and oxygen atoms in total. The lowest BCUT2D eigenvalue weighted by atomic mass is 10.2. The van der Waals surface area contributed by atoms with E-state index in [1.807, 2.05) is 0 Å². The Bertz CT molecular complexity index is 70.9. The van der Waals surface area contributed by atoms with Gasteiger partial charge in [0.25, 0.3) is 0 Å². The third kappa shape index (κ3) is 56.4. The minimum atomic E-state index is -1.10. The van der Waals surface area contributed by atoms with E-state index >= 15 is 0 Å². The number of aliphatic hydroxyl groups excluding tert-OH is 1. The van der Waals surface area contributed by atoms with E-state index in [0.717, 1.165) is 19.3 Å². The van der Waals surface area contributed by atoms with Crippen LogP contribution in [-0.4, -0.2) is 16.5 Å². The van der Waals surface area contributed by atoms with Gasteiger partial charge in [-0.3, -0.25) is 0 Å². The summed E-state index contributed by atoms with van der Waals surface area (Å²) >= 11 is 0. The predicted molar refractivity (Wildman–Crippen MR) is 68.9 cm³/mol. The SMILES string of the molecule is CCC.CCCC.CCCCCC(O)O. The minimum absolute atomic E-state index is 0.522. The predicted octanol–water partition coefficient (Wildman–Crippen LogP) is 4.10. The third-order valence-corrected chi connectivity index (χ3v) is 1.57. The van der Waals surface area contributed by atoms with Crippen LogP contribution in [-0.2, 0) is 0 Å². The molecule has 0 saturated carbocycles. The van der Waals surface area contributed by atoms with Gasteiger partial charge >= 0.3 is 0 Å². The number of aliphatic hydroxyl groups is 2. The maximum atomic E-state index is 8.33. The van der Waals surface area contributed by atoms with Gasteiger partial charge in [-0.2, -0.15) is 0 Å². The first kappa shape index (κ1) is 20.3. The Kier molecular flexibility index (Phi) is 32.0. The van der Waals surface area contributed by atoms with E-state index in [1.165, 1.54) is 19.3 Å². The van der Waals surface area contributed by atoms with Gasteiger partial charge in [0.2, 0.25) is 0 Å². The molecule has 0 amide bonds. The summed E-state index contributed by atoms with van der Waals surface area (Å²) in [6.07, 6.45) is 6.47. The first-order valence-electron chi connectivity index (χ1n) is 6.46. The van der Waals surface area contributed by atoms with Crippen molar-refractivity contribution in [1.82, 2.24) is 0 Å². The Morgan fingerprint density at radius 3 is 1.33 bits per heavy atom. The second-order valence-electron chi connectivity index (χ2n) is 3.68. The average Bonchev–Trinajstić information content (AvgIpc) is 2.19. The molecule has 0 radical (unpaired) electrons. The standard InChI is InChI=1S/C6H14O2.C4H10.C3H8/c1-2-3-4-5-6(7)8;1-3-4-2;1-3-2/h6-8H,2-5H2,1H3;3-4H2,1-2H3;3H2,1-2H3. The topological polar surface area (TPSA) is 40.5 Å². The van der Waals surface area contributed by atoms with Crippen LogP contribution in [0.3, 0.4) is 0 Å². The minimum Gasteiger partial charge on any atom is -0.368 e. The molecule has 15 heavy (non-hydrogen) atoms. The molecule has 0 fully saturated rings. The second-order valence-corrected chi connectivity index (χ2v) is 3.68. The first-order valence-corrected chi connectivity index (χ1v) is 6.46. The van der Waals surface area contributed by atoms with E-state index in [9.17, 15) is 0 Å². The van der Waals surface area contributed by atoms with Crippen LogP contribution in [0.4, 0.5) is 0 Å². The summed E-state index contributed by atoms with van der Waals surface area (Å²) in [6.45, 7) is 10.7. The molecule has 0 unspecified atom stereocenters. The normalized spacial score (nSPS) is 8.80. The third-order valence-electron chi connectivity index (χ3n) is 1.57. The highest BCUT2D eigenvalue weighted by molar-refractivity contribution is 4.40. The van der Waals surface area contributed by atoms with Gasteiger partial charge in [-0.1, -0.05) is 66.7 Å². The van der Waals surface area contributed by atoms with E-state index in [4.69, 9.17) is 10.2 Å². The van der Waals surface area contributed by atoms with Crippen molar-refractivity contribution in [3.8, 4) is 0 Å². The highest BCUT2D eigenvalue weighted by atomic mass is 16.5. The molecular weight excluding hydrogens is 188 g/mol. The Labute approximate surface area is 96.7 Å². The van der Waals surface area contributed by atoms with E-state index < -0.39 is 6.29 Å². The molecular formula is C13H32O2. The van der Waals surface area contributed by atoms with E-state index in [1.54, 1.807) is 0 Å². The van der Waals surface area contributed by atoms with Crippen LogP contribution in [0.25, 0.3) is 0 Å². The van der Waals surface area contributed by atoms with Crippen molar-refractivity contribution < 1.29 is 10.2 Å². The maximum Gasteiger partial charge on any atom is 0.151 e. The molecule has 0 heterocycles. The first-order chi connectivity index (χ1) is 7.10. The molecule has 0 aliphatic carbocycles. The van der Waals surface area contributed by atoms with Crippen LogP contribution < -0.4 is 0 Å². The lowest BCUT2D eigenvalue weighted by Gasteiger charge is -1.99. The Balaban J connectivity index is -0.000000173. The molecule has 2 heteroatoms. The summed E-state index contributed by atoms with van der Waals surface area (Å²) in [6, 6.07) is 0. The van der Waals surface area contributed by atoms with Crippen LogP contribution >= 0.6 is 0 Å². The molecule has 96 valence electrons. The van der Waals surface area contributed by atoms with Crippen molar-refractivity contribution in [2.75, 3.05) is 0 Å². The summed E-state index contributed by atoms with van der Waals surface area (Å²) in [5.74, 6) is 0. The average molecular weight is 220 g/mol. The molecule has 0 saturated heterocycles. The molecule has 0 aliphatic rings. The van der Waals surface area contributed by atoms with Crippen molar-refractivity contribution in [3.05, 3.63) is 0 Å². The number of hydrogen-bond donors (Lipinski definition) is 2. The van der Waals surface area contributed by atoms with Gasteiger partial charge in [-0.05, 0) is 12.8 Å². The van der Waals surface area contributed by atoms with Crippen LogP contribution in [0.5, 0.6) is 0 Å². The summed E-state index contributed by atoms with van der Waals surface area (Å²) in [5.41, 5.74) is 0. The number of unbranched alkanes of at least 4 members (excludes halogenated alkanes) is 3. The number of hydrogen-bond acceptors (Lipinski definition) is 2. The van der Waals surface area contributed by atoms with E-state index in [-0.39, 0.29) is 0 Å². The summed E-state index contributed by atoms with van der Waals surface area (Å²) in [5, 5.41) is 16.7. The maximum absolute atomic E-state index is 8.33. The number of rotatable bonds is 5. The lowest BCUT2D eigenvalue weighted by molar-refractivity contribution is -0.0465. The van der Waals surface area contributed by atoms with Crippen molar-refractivity contribution in [2.45, 2.75) is 85.9 Å². The van der Waals surface area contributed by atoms with Gasteiger partial charge in [0.1, 0.15) is 0 Å². The summed E-state index contributed by atoms with van der Waals surface area (Å²) < 4.78 is 0. The van der Waals surface area contributed by atoms with Gasteiger partial charge in [-0.15, -0.1) is 0 Å². The summed E-state index contributed by atoms with van der Waals surface area (Å²) in [7, 11) is 0. The van der Waals surface area contributed by atoms with Crippen molar-refractivity contribution in [3.63, 3.8) is 0 Å². The van der Waals surface area contributed by atoms with Gasteiger partial charge in [0, 0.05) is 0 Å². The largest absolute Gasteiger partial charge is 0.368 e.